The van der Waals surface area contributed by atoms with Crippen LogP contribution in [-0.2, 0) is 9.53 Å². The monoisotopic (exact) mass is 342 g/mol. The lowest BCUT2D eigenvalue weighted by Gasteiger charge is -2.35. The van der Waals surface area contributed by atoms with Crippen molar-refractivity contribution >= 4 is 27.7 Å². The van der Waals surface area contributed by atoms with Crippen molar-refractivity contribution in [2.24, 2.45) is 5.73 Å². The zero-order valence-electron chi connectivity index (χ0n) is 11.3. The molecule has 1 amide bonds. The summed E-state index contributed by atoms with van der Waals surface area (Å²) in [5, 5.41) is 0. The number of carbonyl (C=O) groups excluding carboxylic acids is 1. The zero-order chi connectivity index (χ0) is 14.4. The SMILES string of the molecule is NCCOCC(=O)N1CCN(c2ccc(Br)cn2)CC1. The van der Waals surface area contributed by atoms with Gasteiger partial charge in [0, 0.05) is 43.4 Å². The Labute approximate surface area is 127 Å². The van der Waals surface area contributed by atoms with Crippen LogP contribution in [0, 0.1) is 0 Å². The fourth-order valence-corrected chi connectivity index (χ4v) is 2.31. The summed E-state index contributed by atoms with van der Waals surface area (Å²) in [6.07, 6.45) is 1.79. The lowest BCUT2D eigenvalue weighted by molar-refractivity contribution is -0.136. The molecule has 7 heteroatoms. The average Bonchev–Trinajstić information content (AvgIpc) is 2.48. The average molecular weight is 343 g/mol. The molecule has 1 aromatic heterocycles. The molecule has 0 unspecified atom stereocenters. The number of piperazine rings is 1. The van der Waals surface area contributed by atoms with E-state index >= 15 is 0 Å². The van der Waals surface area contributed by atoms with Gasteiger partial charge in [0.15, 0.2) is 0 Å². The van der Waals surface area contributed by atoms with E-state index in [1.54, 1.807) is 6.20 Å². The van der Waals surface area contributed by atoms with Gasteiger partial charge in [-0.15, -0.1) is 0 Å². The number of ether oxygens (including phenoxy) is 1. The summed E-state index contributed by atoms with van der Waals surface area (Å²) < 4.78 is 6.14. The van der Waals surface area contributed by atoms with Crippen LogP contribution in [0.3, 0.4) is 0 Å². The van der Waals surface area contributed by atoms with Gasteiger partial charge in [0.25, 0.3) is 0 Å². The van der Waals surface area contributed by atoms with Crippen LogP contribution in [0.15, 0.2) is 22.8 Å². The molecule has 6 nitrogen and oxygen atoms in total. The van der Waals surface area contributed by atoms with E-state index in [1.807, 2.05) is 17.0 Å². The van der Waals surface area contributed by atoms with E-state index in [4.69, 9.17) is 10.5 Å². The van der Waals surface area contributed by atoms with Crippen LogP contribution in [0.5, 0.6) is 0 Å². The normalized spacial score (nSPS) is 15.5. The fourth-order valence-electron chi connectivity index (χ4n) is 2.07. The van der Waals surface area contributed by atoms with Crippen LogP contribution in [0.4, 0.5) is 5.82 Å². The summed E-state index contributed by atoms with van der Waals surface area (Å²) in [6.45, 7) is 3.96. The molecule has 2 heterocycles. The highest BCUT2D eigenvalue weighted by Gasteiger charge is 2.21. The third kappa shape index (κ3) is 4.16. The Morgan fingerprint density at radius 3 is 2.70 bits per heavy atom. The Morgan fingerprint density at radius 2 is 2.10 bits per heavy atom. The molecule has 2 N–H and O–H groups in total. The van der Waals surface area contributed by atoms with Gasteiger partial charge in [0.1, 0.15) is 12.4 Å². The predicted octanol–water partition coefficient (Wildman–Crippen LogP) is 0.468. The number of halogens is 1. The van der Waals surface area contributed by atoms with Crippen molar-refractivity contribution in [1.82, 2.24) is 9.88 Å². The minimum Gasteiger partial charge on any atom is -0.370 e. The number of amides is 1. The fraction of sp³-hybridized carbons (Fsp3) is 0.538. The largest absolute Gasteiger partial charge is 0.370 e. The first-order valence-corrected chi connectivity index (χ1v) is 7.42. The first kappa shape index (κ1) is 15.2. The van der Waals surface area contributed by atoms with Gasteiger partial charge in [0.05, 0.1) is 6.61 Å². The maximum atomic E-state index is 11.9. The van der Waals surface area contributed by atoms with E-state index in [2.05, 4.69) is 25.8 Å². The Balaban J connectivity index is 1.80. The molecule has 20 heavy (non-hydrogen) atoms. The molecule has 0 bridgehead atoms. The number of pyridine rings is 1. The third-order valence-corrected chi connectivity index (χ3v) is 3.62. The van der Waals surface area contributed by atoms with Crippen molar-refractivity contribution in [3.63, 3.8) is 0 Å². The van der Waals surface area contributed by atoms with Gasteiger partial charge < -0.3 is 20.3 Å². The molecule has 110 valence electrons. The summed E-state index contributed by atoms with van der Waals surface area (Å²) in [5.41, 5.74) is 5.32. The summed E-state index contributed by atoms with van der Waals surface area (Å²) in [4.78, 5) is 20.3. The molecule has 0 spiro atoms. The second kappa shape index (κ2) is 7.56. The first-order chi connectivity index (χ1) is 9.70. The van der Waals surface area contributed by atoms with Crippen LogP contribution in [0.25, 0.3) is 0 Å². The predicted molar refractivity (Wildman–Crippen MR) is 80.6 cm³/mol. The van der Waals surface area contributed by atoms with E-state index < -0.39 is 0 Å². The molecular formula is C13H19BrN4O2. The van der Waals surface area contributed by atoms with Gasteiger partial charge in [-0.3, -0.25) is 4.79 Å². The Morgan fingerprint density at radius 1 is 1.35 bits per heavy atom. The molecule has 2 rings (SSSR count). The van der Waals surface area contributed by atoms with Gasteiger partial charge in [0.2, 0.25) is 5.91 Å². The summed E-state index contributed by atoms with van der Waals surface area (Å²) in [6, 6.07) is 3.95. The number of hydrogen-bond acceptors (Lipinski definition) is 5. The third-order valence-electron chi connectivity index (χ3n) is 3.16. The molecule has 0 radical (unpaired) electrons. The van der Waals surface area contributed by atoms with E-state index in [1.165, 1.54) is 0 Å². The molecule has 0 saturated carbocycles. The van der Waals surface area contributed by atoms with Crippen LogP contribution >= 0.6 is 15.9 Å². The van der Waals surface area contributed by atoms with Crippen molar-refractivity contribution < 1.29 is 9.53 Å². The molecule has 1 aliphatic heterocycles. The van der Waals surface area contributed by atoms with Crippen LogP contribution in [-0.4, -0.2) is 61.7 Å². The van der Waals surface area contributed by atoms with Gasteiger partial charge >= 0.3 is 0 Å². The minimum absolute atomic E-state index is 0.0295. The zero-order valence-corrected chi connectivity index (χ0v) is 12.9. The lowest BCUT2D eigenvalue weighted by Crippen LogP contribution is -2.50. The number of aromatic nitrogens is 1. The number of hydrogen-bond donors (Lipinski definition) is 1. The van der Waals surface area contributed by atoms with Crippen molar-refractivity contribution in [2.45, 2.75) is 0 Å². The quantitative estimate of drug-likeness (QED) is 0.787. The van der Waals surface area contributed by atoms with E-state index in [-0.39, 0.29) is 12.5 Å². The van der Waals surface area contributed by atoms with Crippen LogP contribution in [0.2, 0.25) is 0 Å². The van der Waals surface area contributed by atoms with E-state index in [9.17, 15) is 4.79 Å². The van der Waals surface area contributed by atoms with Crippen LogP contribution in [0.1, 0.15) is 0 Å². The van der Waals surface area contributed by atoms with Crippen molar-refractivity contribution in [3.05, 3.63) is 22.8 Å². The number of nitrogens with two attached hydrogens (primary N) is 1. The van der Waals surface area contributed by atoms with Gasteiger partial charge in [-0.2, -0.15) is 0 Å². The smallest absolute Gasteiger partial charge is 0.248 e. The second-order valence-electron chi connectivity index (χ2n) is 4.54. The molecule has 1 fully saturated rings. The molecule has 0 aromatic carbocycles. The molecule has 1 aliphatic rings. The number of nitrogens with zero attached hydrogens (tertiary/aromatic N) is 3. The summed E-state index contributed by atoms with van der Waals surface area (Å²) >= 11 is 3.37. The molecule has 1 aromatic rings. The summed E-state index contributed by atoms with van der Waals surface area (Å²) in [5.74, 6) is 0.974. The molecule has 0 aliphatic carbocycles. The van der Waals surface area contributed by atoms with E-state index in [0.29, 0.717) is 26.2 Å². The molecule has 0 atom stereocenters. The molecular weight excluding hydrogens is 324 g/mol. The second-order valence-corrected chi connectivity index (χ2v) is 5.46. The highest BCUT2D eigenvalue weighted by atomic mass is 79.9. The van der Waals surface area contributed by atoms with Gasteiger partial charge in [-0.1, -0.05) is 0 Å². The highest BCUT2D eigenvalue weighted by Crippen LogP contribution is 2.16. The number of rotatable bonds is 5. The van der Waals surface area contributed by atoms with Crippen LogP contribution < -0.4 is 10.6 Å². The van der Waals surface area contributed by atoms with E-state index in [0.717, 1.165) is 23.4 Å². The lowest BCUT2D eigenvalue weighted by atomic mass is 10.3. The standard InChI is InChI=1S/C13H19BrN4O2/c14-11-1-2-12(16-9-11)17-4-6-18(7-5-17)13(19)10-20-8-3-15/h1-2,9H,3-8,10,15H2. The topological polar surface area (TPSA) is 71.7 Å². The minimum atomic E-state index is 0.0295. The maximum absolute atomic E-state index is 11.9. The Hall–Kier alpha value is -1.18. The molecule has 1 saturated heterocycles. The first-order valence-electron chi connectivity index (χ1n) is 6.63. The van der Waals surface area contributed by atoms with Crippen molar-refractivity contribution in [2.75, 3.05) is 50.8 Å². The summed E-state index contributed by atoms with van der Waals surface area (Å²) in [7, 11) is 0. The number of carbonyl (C=O) groups is 1. The number of anilines is 1. The Bertz CT molecular complexity index is 433. The van der Waals surface area contributed by atoms with Gasteiger partial charge in [-0.25, -0.2) is 4.98 Å². The van der Waals surface area contributed by atoms with Crippen molar-refractivity contribution in [3.8, 4) is 0 Å². The van der Waals surface area contributed by atoms with Gasteiger partial charge in [-0.05, 0) is 28.1 Å². The maximum Gasteiger partial charge on any atom is 0.248 e. The van der Waals surface area contributed by atoms with Crippen molar-refractivity contribution in [1.29, 1.82) is 0 Å². The highest BCUT2D eigenvalue weighted by molar-refractivity contribution is 9.10. The Kier molecular flexibility index (Phi) is 5.75.